The van der Waals surface area contributed by atoms with Gasteiger partial charge in [0, 0.05) is 18.9 Å². The monoisotopic (exact) mass is 214 g/mol. The predicted molar refractivity (Wildman–Crippen MR) is 60.4 cm³/mol. The van der Waals surface area contributed by atoms with E-state index < -0.39 is 0 Å². The fourth-order valence-electron chi connectivity index (χ4n) is 1.47. The molecule has 0 spiro atoms. The molecule has 0 aromatic rings. The molecule has 0 bridgehead atoms. The first-order valence-electron chi connectivity index (χ1n) is 5.43. The summed E-state index contributed by atoms with van der Waals surface area (Å²) in [4.78, 5) is 24.4. The van der Waals surface area contributed by atoms with E-state index in [0.717, 1.165) is 0 Å². The third-order valence-corrected chi connectivity index (χ3v) is 2.69. The fraction of sp³-hybridized carbons (Fsp3) is 0.818. The predicted octanol–water partition coefficient (Wildman–Crippen LogP) is 0.940. The zero-order chi connectivity index (χ0) is 12.0. The van der Waals surface area contributed by atoms with Gasteiger partial charge in [-0.2, -0.15) is 0 Å². The minimum absolute atomic E-state index is 0.174. The van der Waals surface area contributed by atoms with Gasteiger partial charge in [0.25, 0.3) is 0 Å². The van der Waals surface area contributed by atoms with E-state index in [9.17, 15) is 9.59 Å². The number of ketones is 1. The van der Waals surface area contributed by atoms with E-state index in [0.29, 0.717) is 18.9 Å². The highest BCUT2D eigenvalue weighted by molar-refractivity contribution is 5.84. The van der Waals surface area contributed by atoms with E-state index in [-0.39, 0.29) is 24.2 Å². The molecule has 4 heteroatoms. The quantitative estimate of drug-likeness (QED) is 0.686. The van der Waals surface area contributed by atoms with Gasteiger partial charge in [-0.3, -0.25) is 14.5 Å². The van der Waals surface area contributed by atoms with Crippen molar-refractivity contribution in [3.63, 3.8) is 0 Å². The van der Waals surface area contributed by atoms with E-state index in [1.54, 1.807) is 0 Å². The molecule has 0 radical (unpaired) electrons. The molecule has 0 rings (SSSR count). The molecule has 0 heterocycles. The van der Waals surface area contributed by atoms with Crippen molar-refractivity contribution in [1.82, 2.24) is 4.90 Å². The largest absolute Gasteiger partial charge is 0.370 e. The Morgan fingerprint density at radius 1 is 1.33 bits per heavy atom. The molecule has 0 aliphatic carbocycles. The van der Waals surface area contributed by atoms with Crippen LogP contribution < -0.4 is 5.73 Å². The maximum Gasteiger partial charge on any atom is 0.217 e. The van der Waals surface area contributed by atoms with Crippen LogP contribution in [0.25, 0.3) is 0 Å². The Balaban J connectivity index is 4.43. The molecule has 88 valence electrons. The van der Waals surface area contributed by atoms with E-state index in [4.69, 9.17) is 5.73 Å². The smallest absolute Gasteiger partial charge is 0.217 e. The number of likely N-dealkylation sites (N-methyl/N-ethyl adjacent to an activating group) is 1. The summed E-state index contributed by atoms with van der Waals surface area (Å²) in [6, 6.07) is 0.112. The number of rotatable bonds is 7. The second-order valence-electron chi connectivity index (χ2n) is 4.10. The molecule has 0 aliphatic heterocycles. The summed E-state index contributed by atoms with van der Waals surface area (Å²) in [6.45, 7) is 5.90. The zero-order valence-electron chi connectivity index (χ0n) is 10.1. The Labute approximate surface area is 91.8 Å². The number of Topliss-reactive ketones (excluding diaryl/α,β-unsaturated/α-hetero) is 1. The van der Waals surface area contributed by atoms with Crippen LogP contribution in [0.4, 0.5) is 0 Å². The first kappa shape index (κ1) is 14.1. The lowest BCUT2D eigenvalue weighted by atomic mass is 10.0. The number of nitrogens with two attached hydrogens (primary N) is 1. The molecule has 2 N–H and O–H groups in total. The van der Waals surface area contributed by atoms with Gasteiger partial charge >= 0.3 is 0 Å². The summed E-state index contributed by atoms with van der Waals surface area (Å²) in [7, 11) is 1.91. The molecule has 0 aromatic heterocycles. The maximum absolute atomic E-state index is 11.7. The molecule has 15 heavy (non-hydrogen) atoms. The summed E-state index contributed by atoms with van der Waals surface area (Å²) in [5.41, 5.74) is 5.09. The lowest BCUT2D eigenvalue weighted by Gasteiger charge is -2.29. The molecule has 0 saturated heterocycles. The van der Waals surface area contributed by atoms with Crippen molar-refractivity contribution in [1.29, 1.82) is 0 Å². The van der Waals surface area contributed by atoms with Gasteiger partial charge in [-0.05, 0) is 27.3 Å². The number of primary amides is 1. The van der Waals surface area contributed by atoms with Gasteiger partial charge in [0.1, 0.15) is 5.78 Å². The summed E-state index contributed by atoms with van der Waals surface area (Å²) in [5.74, 6) is -0.173. The van der Waals surface area contributed by atoms with Gasteiger partial charge in [-0.1, -0.05) is 6.92 Å². The number of amides is 1. The van der Waals surface area contributed by atoms with Gasteiger partial charge in [-0.25, -0.2) is 0 Å². The fourth-order valence-corrected chi connectivity index (χ4v) is 1.47. The second-order valence-corrected chi connectivity index (χ2v) is 4.10. The van der Waals surface area contributed by atoms with Crippen LogP contribution in [-0.4, -0.2) is 35.7 Å². The molecule has 4 nitrogen and oxygen atoms in total. The van der Waals surface area contributed by atoms with Crippen LogP contribution in [0.5, 0.6) is 0 Å². The second kappa shape index (κ2) is 6.56. The summed E-state index contributed by atoms with van der Waals surface area (Å²) >= 11 is 0. The molecule has 0 unspecified atom stereocenters. The first-order valence-corrected chi connectivity index (χ1v) is 5.43. The molecule has 0 aromatic carbocycles. The normalized spacial score (nSPS) is 13.2. The third kappa shape index (κ3) is 4.93. The average molecular weight is 214 g/mol. The van der Waals surface area contributed by atoms with Gasteiger partial charge < -0.3 is 5.73 Å². The van der Waals surface area contributed by atoms with E-state index in [1.807, 2.05) is 32.7 Å². The molecular formula is C11H22N2O2. The van der Waals surface area contributed by atoms with Crippen molar-refractivity contribution >= 4 is 11.7 Å². The minimum Gasteiger partial charge on any atom is -0.370 e. The Bertz CT molecular complexity index is 227. The highest BCUT2D eigenvalue weighted by Crippen LogP contribution is 2.11. The molecule has 0 aliphatic rings. The molecular weight excluding hydrogens is 192 g/mol. The highest BCUT2D eigenvalue weighted by Gasteiger charge is 2.23. The Hall–Kier alpha value is -0.900. The summed E-state index contributed by atoms with van der Waals surface area (Å²) < 4.78 is 0. The van der Waals surface area contributed by atoms with Crippen molar-refractivity contribution < 1.29 is 9.59 Å². The standard InChI is InChI=1S/C11H22N2O2/c1-5-10(14)9(6-7-11(12)15)13(4)8(2)3/h8-9H,5-7H2,1-4H3,(H2,12,15)/t9-/m0/s1. The SMILES string of the molecule is CCC(=O)[C@H](CCC(N)=O)N(C)C(C)C. The zero-order valence-corrected chi connectivity index (χ0v) is 10.1. The van der Waals surface area contributed by atoms with E-state index in [1.165, 1.54) is 0 Å². The topological polar surface area (TPSA) is 63.4 Å². The van der Waals surface area contributed by atoms with E-state index in [2.05, 4.69) is 0 Å². The van der Waals surface area contributed by atoms with Crippen molar-refractivity contribution in [3.05, 3.63) is 0 Å². The molecule has 1 atom stereocenters. The van der Waals surface area contributed by atoms with Crippen LogP contribution in [0.3, 0.4) is 0 Å². The van der Waals surface area contributed by atoms with Gasteiger partial charge in [0.2, 0.25) is 5.91 Å². The Morgan fingerprint density at radius 2 is 1.87 bits per heavy atom. The summed E-state index contributed by atoms with van der Waals surface area (Å²) in [5, 5.41) is 0. The molecule has 0 saturated carbocycles. The van der Waals surface area contributed by atoms with Crippen molar-refractivity contribution in [2.75, 3.05) is 7.05 Å². The van der Waals surface area contributed by atoms with Crippen LogP contribution >= 0.6 is 0 Å². The minimum atomic E-state index is -0.346. The van der Waals surface area contributed by atoms with Gasteiger partial charge in [0.05, 0.1) is 6.04 Å². The van der Waals surface area contributed by atoms with Crippen molar-refractivity contribution in [2.45, 2.75) is 52.1 Å². The first-order chi connectivity index (χ1) is 6.90. The van der Waals surface area contributed by atoms with Crippen LogP contribution in [0.1, 0.15) is 40.0 Å². The van der Waals surface area contributed by atoms with Crippen LogP contribution in [-0.2, 0) is 9.59 Å². The summed E-state index contributed by atoms with van der Waals surface area (Å²) in [6.07, 6.45) is 1.30. The average Bonchev–Trinajstić information content (AvgIpc) is 2.16. The maximum atomic E-state index is 11.7. The van der Waals surface area contributed by atoms with Crippen LogP contribution in [0, 0.1) is 0 Å². The third-order valence-electron chi connectivity index (χ3n) is 2.69. The number of hydrogen-bond acceptors (Lipinski definition) is 3. The Morgan fingerprint density at radius 3 is 2.20 bits per heavy atom. The van der Waals surface area contributed by atoms with Crippen LogP contribution in [0.2, 0.25) is 0 Å². The van der Waals surface area contributed by atoms with Crippen molar-refractivity contribution in [2.24, 2.45) is 5.73 Å². The lowest BCUT2D eigenvalue weighted by Crippen LogP contribution is -2.42. The van der Waals surface area contributed by atoms with Crippen molar-refractivity contribution in [3.8, 4) is 0 Å². The lowest BCUT2D eigenvalue weighted by molar-refractivity contribution is -0.125. The van der Waals surface area contributed by atoms with E-state index >= 15 is 0 Å². The molecule has 1 amide bonds. The van der Waals surface area contributed by atoms with Crippen LogP contribution in [0.15, 0.2) is 0 Å². The molecule has 0 fully saturated rings. The highest BCUT2D eigenvalue weighted by atomic mass is 16.1. The number of nitrogens with zero attached hydrogens (tertiary/aromatic N) is 1. The number of carbonyl (C=O) groups is 2. The number of carbonyl (C=O) groups excluding carboxylic acids is 2. The van der Waals surface area contributed by atoms with Gasteiger partial charge in [0.15, 0.2) is 0 Å². The van der Waals surface area contributed by atoms with Gasteiger partial charge in [-0.15, -0.1) is 0 Å². The number of hydrogen-bond donors (Lipinski definition) is 1. The Kier molecular flexibility index (Phi) is 6.17.